The van der Waals surface area contributed by atoms with Crippen LogP contribution in [0.2, 0.25) is 0 Å². The molecule has 2 aromatic carbocycles. The summed E-state index contributed by atoms with van der Waals surface area (Å²) in [5.74, 6) is 6.08. The van der Waals surface area contributed by atoms with Crippen LogP contribution >= 0.6 is 0 Å². The molecule has 0 N–H and O–H groups in total. The molecule has 0 heterocycles. The molecule has 0 aliphatic heterocycles. The van der Waals surface area contributed by atoms with Crippen molar-refractivity contribution in [1.29, 1.82) is 0 Å². The monoisotopic (exact) mass is 276 g/mol. The first kappa shape index (κ1) is 14.9. The summed E-state index contributed by atoms with van der Waals surface area (Å²) in [6, 6.07) is 16.4. The smallest absolute Gasteiger partial charge is 0.123 e. The third kappa shape index (κ3) is 5.53. The number of halogens is 1. The molecule has 0 amide bonds. The van der Waals surface area contributed by atoms with Crippen molar-refractivity contribution in [3.63, 3.8) is 0 Å². The SMILES string of the molecule is CC(=C=Cc1ccc(F)cc1)CCC#Cc1ccccc1. The predicted molar refractivity (Wildman–Crippen MR) is 86.1 cm³/mol. The second-order valence-corrected chi connectivity index (χ2v) is 4.79. The van der Waals surface area contributed by atoms with E-state index in [0.29, 0.717) is 0 Å². The van der Waals surface area contributed by atoms with E-state index in [2.05, 4.69) is 17.6 Å². The molecule has 0 spiro atoms. The second-order valence-electron chi connectivity index (χ2n) is 4.79. The van der Waals surface area contributed by atoms with Crippen LogP contribution in [-0.4, -0.2) is 0 Å². The van der Waals surface area contributed by atoms with Gasteiger partial charge in [-0.15, -0.1) is 5.73 Å². The van der Waals surface area contributed by atoms with Gasteiger partial charge < -0.3 is 0 Å². The minimum absolute atomic E-state index is 0.218. The molecule has 0 radical (unpaired) electrons. The van der Waals surface area contributed by atoms with Gasteiger partial charge in [0.2, 0.25) is 0 Å². The summed E-state index contributed by atoms with van der Waals surface area (Å²) in [5.41, 5.74) is 6.35. The fourth-order valence-corrected chi connectivity index (χ4v) is 1.77. The molecule has 0 bridgehead atoms. The number of hydrogen-bond acceptors (Lipinski definition) is 0. The van der Waals surface area contributed by atoms with Crippen molar-refractivity contribution in [2.24, 2.45) is 0 Å². The zero-order valence-electron chi connectivity index (χ0n) is 12.1. The van der Waals surface area contributed by atoms with Gasteiger partial charge in [0.15, 0.2) is 0 Å². The highest BCUT2D eigenvalue weighted by Gasteiger charge is 1.89. The van der Waals surface area contributed by atoms with Crippen molar-refractivity contribution in [3.8, 4) is 11.8 Å². The highest BCUT2D eigenvalue weighted by molar-refractivity contribution is 5.48. The van der Waals surface area contributed by atoms with Crippen LogP contribution in [-0.2, 0) is 0 Å². The second kappa shape index (κ2) is 7.90. The van der Waals surface area contributed by atoms with E-state index in [4.69, 9.17) is 0 Å². The van der Waals surface area contributed by atoms with Gasteiger partial charge in [-0.3, -0.25) is 0 Å². The molecule has 0 fully saturated rings. The molecular weight excluding hydrogens is 259 g/mol. The van der Waals surface area contributed by atoms with Crippen molar-refractivity contribution >= 4 is 6.08 Å². The third-order valence-electron chi connectivity index (χ3n) is 2.99. The molecule has 0 nitrogen and oxygen atoms in total. The topological polar surface area (TPSA) is 0 Å². The Bertz CT molecular complexity index is 691. The van der Waals surface area contributed by atoms with Gasteiger partial charge in [-0.1, -0.05) is 42.2 Å². The average molecular weight is 276 g/mol. The average Bonchev–Trinajstić information content (AvgIpc) is 2.52. The van der Waals surface area contributed by atoms with Crippen LogP contribution in [0.25, 0.3) is 6.08 Å². The van der Waals surface area contributed by atoms with Crippen LogP contribution in [0, 0.1) is 17.7 Å². The Labute approximate surface area is 125 Å². The summed E-state index contributed by atoms with van der Waals surface area (Å²) < 4.78 is 12.8. The van der Waals surface area contributed by atoms with E-state index in [1.807, 2.05) is 43.3 Å². The van der Waals surface area contributed by atoms with E-state index in [1.54, 1.807) is 12.1 Å². The Kier molecular flexibility index (Phi) is 5.59. The van der Waals surface area contributed by atoms with Crippen molar-refractivity contribution in [2.75, 3.05) is 0 Å². The van der Waals surface area contributed by atoms with Crippen LogP contribution in [0.15, 0.2) is 65.9 Å². The lowest BCUT2D eigenvalue weighted by molar-refractivity contribution is 0.628. The van der Waals surface area contributed by atoms with E-state index in [0.717, 1.165) is 29.5 Å². The van der Waals surface area contributed by atoms with Crippen molar-refractivity contribution in [3.05, 3.63) is 82.8 Å². The Hall–Kier alpha value is -2.55. The van der Waals surface area contributed by atoms with Gasteiger partial charge in [0.1, 0.15) is 5.82 Å². The lowest BCUT2D eigenvalue weighted by Gasteiger charge is -1.93. The van der Waals surface area contributed by atoms with Crippen LogP contribution < -0.4 is 0 Å². The first-order valence-corrected chi connectivity index (χ1v) is 6.96. The maximum Gasteiger partial charge on any atom is 0.123 e. The van der Waals surface area contributed by atoms with E-state index in [9.17, 15) is 4.39 Å². The van der Waals surface area contributed by atoms with Crippen LogP contribution in [0.4, 0.5) is 4.39 Å². The predicted octanol–water partition coefficient (Wildman–Crippen LogP) is 5.22. The van der Waals surface area contributed by atoms with E-state index < -0.39 is 0 Å². The van der Waals surface area contributed by atoms with Gasteiger partial charge in [-0.05, 0) is 54.8 Å². The summed E-state index contributed by atoms with van der Waals surface area (Å²) >= 11 is 0. The highest BCUT2D eigenvalue weighted by Crippen LogP contribution is 2.07. The molecule has 21 heavy (non-hydrogen) atoms. The largest absolute Gasteiger partial charge is 0.207 e. The first-order chi connectivity index (χ1) is 10.2. The van der Waals surface area contributed by atoms with Crippen molar-refractivity contribution in [1.82, 2.24) is 0 Å². The summed E-state index contributed by atoms with van der Waals surface area (Å²) in [4.78, 5) is 0. The lowest BCUT2D eigenvalue weighted by Crippen LogP contribution is -1.76. The number of allylic oxidation sites excluding steroid dienone is 1. The molecule has 0 atom stereocenters. The van der Waals surface area contributed by atoms with Gasteiger partial charge >= 0.3 is 0 Å². The molecule has 0 unspecified atom stereocenters. The maximum atomic E-state index is 12.8. The van der Waals surface area contributed by atoms with Crippen molar-refractivity contribution in [2.45, 2.75) is 19.8 Å². The number of benzene rings is 2. The Morgan fingerprint density at radius 1 is 1.05 bits per heavy atom. The normalized spacial score (nSPS) is 9.24. The summed E-state index contributed by atoms with van der Waals surface area (Å²) in [7, 11) is 0. The molecule has 104 valence electrons. The number of rotatable bonds is 3. The molecule has 2 aromatic rings. The lowest BCUT2D eigenvalue weighted by atomic mass is 10.1. The zero-order chi connectivity index (χ0) is 14.9. The molecule has 0 aromatic heterocycles. The molecule has 0 aliphatic rings. The highest BCUT2D eigenvalue weighted by atomic mass is 19.1. The quantitative estimate of drug-likeness (QED) is 0.533. The summed E-state index contributed by atoms with van der Waals surface area (Å²) in [6.07, 6.45) is 3.57. The minimum atomic E-state index is -0.218. The summed E-state index contributed by atoms with van der Waals surface area (Å²) in [5, 5.41) is 0. The summed E-state index contributed by atoms with van der Waals surface area (Å²) in [6.45, 7) is 2.03. The molecule has 0 saturated carbocycles. The Balaban J connectivity index is 1.90. The van der Waals surface area contributed by atoms with Gasteiger partial charge in [0.25, 0.3) is 0 Å². The van der Waals surface area contributed by atoms with E-state index in [1.165, 1.54) is 12.1 Å². The van der Waals surface area contributed by atoms with E-state index >= 15 is 0 Å². The molecular formula is C20H17F. The molecule has 2 rings (SSSR count). The Morgan fingerprint density at radius 3 is 2.48 bits per heavy atom. The van der Waals surface area contributed by atoms with Crippen molar-refractivity contribution < 1.29 is 4.39 Å². The fourth-order valence-electron chi connectivity index (χ4n) is 1.77. The van der Waals surface area contributed by atoms with Crippen LogP contribution in [0.1, 0.15) is 30.9 Å². The zero-order valence-corrected chi connectivity index (χ0v) is 12.1. The maximum absolute atomic E-state index is 12.8. The molecule has 1 heteroatoms. The van der Waals surface area contributed by atoms with Gasteiger partial charge in [-0.2, -0.15) is 0 Å². The molecule has 0 saturated heterocycles. The Morgan fingerprint density at radius 2 is 1.76 bits per heavy atom. The first-order valence-electron chi connectivity index (χ1n) is 6.96. The van der Waals surface area contributed by atoms with Gasteiger partial charge in [0, 0.05) is 12.0 Å². The van der Waals surface area contributed by atoms with Gasteiger partial charge in [0.05, 0.1) is 0 Å². The standard InChI is InChI=1S/C20H17F/c1-17(11-12-19-13-15-20(21)16-14-19)7-5-6-10-18-8-3-2-4-9-18/h2-4,8-9,12-16H,5,7H2,1H3. The number of hydrogen-bond donors (Lipinski definition) is 0. The fraction of sp³-hybridized carbons (Fsp3) is 0.150. The third-order valence-corrected chi connectivity index (χ3v) is 2.99. The molecule has 0 aliphatic carbocycles. The van der Waals surface area contributed by atoms with E-state index in [-0.39, 0.29) is 5.82 Å². The van der Waals surface area contributed by atoms with Gasteiger partial charge in [-0.25, -0.2) is 4.39 Å². The van der Waals surface area contributed by atoms with Crippen LogP contribution in [0.3, 0.4) is 0 Å². The minimum Gasteiger partial charge on any atom is -0.207 e. The van der Waals surface area contributed by atoms with Crippen LogP contribution in [0.5, 0.6) is 0 Å².